The number of carbonyl (C=O) groups excluding carboxylic acids is 1. The number of benzene rings is 2. The molecule has 1 heterocycles. The molecule has 0 spiro atoms. The quantitative estimate of drug-likeness (QED) is 0.832. The molecule has 5 heteroatoms. The fourth-order valence-electron chi connectivity index (χ4n) is 3.30. The standard InChI is InChI=1S/C20H23NO4/c1-14-12-21(20(22)24-3)13-17(14)15-9-10-18(23-2)19(11-15)25-16-7-5-4-6-8-16/h4-11,14,17H,12-13H2,1-3H3/t14-,17+/m0/s1. The highest BCUT2D eigenvalue weighted by atomic mass is 16.5. The van der Waals surface area contributed by atoms with Gasteiger partial charge in [0, 0.05) is 19.0 Å². The Morgan fingerprint density at radius 2 is 1.80 bits per heavy atom. The second-order valence-electron chi connectivity index (χ2n) is 6.28. The van der Waals surface area contributed by atoms with Crippen LogP contribution in [0.15, 0.2) is 48.5 Å². The SMILES string of the molecule is COC(=O)N1C[C@H](C)[C@H](c2ccc(OC)c(Oc3ccccc3)c2)C1. The zero-order valence-electron chi connectivity index (χ0n) is 14.8. The van der Waals surface area contributed by atoms with Crippen LogP contribution < -0.4 is 9.47 Å². The number of carbonyl (C=O) groups is 1. The Bertz CT molecular complexity index is 732. The van der Waals surface area contributed by atoms with Crippen LogP contribution in [0.2, 0.25) is 0 Å². The van der Waals surface area contributed by atoms with E-state index in [0.717, 1.165) is 11.3 Å². The molecule has 0 radical (unpaired) electrons. The highest BCUT2D eigenvalue weighted by Crippen LogP contribution is 2.38. The van der Waals surface area contributed by atoms with Crippen LogP contribution in [-0.4, -0.2) is 38.3 Å². The summed E-state index contributed by atoms with van der Waals surface area (Å²) in [6.45, 7) is 3.48. The summed E-state index contributed by atoms with van der Waals surface area (Å²) >= 11 is 0. The molecule has 1 aliphatic heterocycles. The summed E-state index contributed by atoms with van der Waals surface area (Å²) < 4.78 is 16.3. The molecule has 0 aromatic heterocycles. The van der Waals surface area contributed by atoms with Crippen molar-refractivity contribution in [3.63, 3.8) is 0 Å². The van der Waals surface area contributed by atoms with E-state index in [1.807, 2.05) is 48.5 Å². The Labute approximate surface area is 148 Å². The highest BCUT2D eigenvalue weighted by Gasteiger charge is 2.34. The molecule has 0 aliphatic carbocycles. The van der Waals surface area contributed by atoms with Crippen molar-refractivity contribution < 1.29 is 19.0 Å². The number of hydrogen-bond donors (Lipinski definition) is 0. The Morgan fingerprint density at radius 3 is 2.48 bits per heavy atom. The first-order valence-electron chi connectivity index (χ1n) is 8.36. The van der Waals surface area contributed by atoms with Crippen molar-refractivity contribution in [2.45, 2.75) is 12.8 Å². The van der Waals surface area contributed by atoms with Gasteiger partial charge >= 0.3 is 6.09 Å². The lowest BCUT2D eigenvalue weighted by atomic mass is 9.90. The Morgan fingerprint density at radius 1 is 1.04 bits per heavy atom. The number of para-hydroxylation sites is 1. The summed E-state index contributed by atoms with van der Waals surface area (Å²) in [5.74, 6) is 2.70. The third kappa shape index (κ3) is 3.71. The van der Waals surface area contributed by atoms with E-state index in [4.69, 9.17) is 14.2 Å². The second kappa shape index (κ2) is 7.47. The molecule has 25 heavy (non-hydrogen) atoms. The minimum Gasteiger partial charge on any atom is -0.493 e. The van der Waals surface area contributed by atoms with Crippen LogP contribution in [0.25, 0.3) is 0 Å². The largest absolute Gasteiger partial charge is 0.493 e. The van der Waals surface area contributed by atoms with Gasteiger partial charge in [-0.1, -0.05) is 31.2 Å². The molecule has 132 valence electrons. The summed E-state index contributed by atoms with van der Waals surface area (Å²) in [6.07, 6.45) is -0.274. The Balaban J connectivity index is 1.85. The van der Waals surface area contributed by atoms with E-state index in [-0.39, 0.29) is 12.0 Å². The van der Waals surface area contributed by atoms with Gasteiger partial charge in [-0.15, -0.1) is 0 Å². The van der Waals surface area contributed by atoms with E-state index in [0.29, 0.717) is 30.5 Å². The number of likely N-dealkylation sites (tertiary alicyclic amines) is 1. The first-order chi connectivity index (χ1) is 12.1. The van der Waals surface area contributed by atoms with Gasteiger partial charge in [0.15, 0.2) is 11.5 Å². The summed E-state index contributed by atoms with van der Waals surface area (Å²) in [4.78, 5) is 13.6. The monoisotopic (exact) mass is 341 g/mol. The van der Waals surface area contributed by atoms with Crippen molar-refractivity contribution in [3.05, 3.63) is 54.1 Å². The minimum atomic E-state index is -0.274. The van der Waals surface area contributed by atoms with Gasteiger partial charge in [0.2, 0.25) is 0 Å². The second-order valence-corrected chi connectivity index (χ2v) is 6.28. The number of amides is 1. The number of rotatable bonds is 4. The summed E-state index contributed by atoms with van der Waals surface area (Å²) in [7, 11) is 3.05. The number of nitrogens with zero attached hydrogens (tertiary/aromatic N) is 1. The molecule has 5 nitrogen and oxygen atoms in total. The molecule has 2 atom stereocenters. The molecule has 1 fully saturated rings. The van der Waals surface area contributed by atoms with Crippen LogP contribution in [-0.2, 0) is 4.74 Å². The Hall–Kier alpha value is -2.69. The van der Waals surface area contributed by atoms with E-state index in [1.54, 1.807) is 12.0 Å². The number of ether oxygens (including phenoxy) is 3. The van der Waals surface area contributed by atoms with Crippen molar-refractivity contribution in [2.75, 3.05) is 27.3 Å². The first kappa shape index (κ1) is 17.1. The number of hydrogen-bond acceptors (Lipinski definition) is 4. The molecule has 0 bridgehead atoms. The van der Waals surface area contributed by atoms with Crippen molar-refractivity contribution in [1.82, 2.24) is 4.90 Å². The van der Waals surface area contributed by atoms with Crippen LogP contribution >= 0.6 is 0 Å². The summed E-state index contributed by atoms with van der Waals surface area (Å²) in [6, 6.07) is 15.6. The van der Waals surface area contributed by atoms with Gasteiger partial charge in [0.25, 0.3) is 0 Å². The maximum absolute atomic E-state index is 11.8. The molecule has 2 aromatic carbocycles. The van der Waals surface area contributed by atoms with Crippen LogP contribution in [0.4, 0.5) is 4.79 Å². The van der Waals surface area contributed by atoms with Gasteiger partial charge in [-0.25, -0.2) is 4.79 Å². The minimum absolute atomic E-state index is 0.239. The molecule has 2 aromatic rings. The third-order valence-corrected chi connectivity index (χ3v) is 4.63. The van der Waals surface area contributed by atoms with Crippen LogP contribution in [0.3, 0.4) is 0 Å². The summed E-state index contributed by atoms with van der Waals surface area (Å²) in [5, 5.41) is 0. The molecule has 0 unspecified atom stereocenters. The van der Waals surface area contributed by atoms with Gasteiger partial charge in [-0.3, -0.25) is 0 Å². The molecule has 0 N–H and O–H groups in total. The predicted octanol–water partition coefficient (Wildman–Crippen LogP) is 4.29. The van der Waals surface area contributed by atoms with Gasteiger partial charge in [0.05, 0.1) is 14.2 Å². The predicted molar refractivity (Wildman–Crippen MR) is 95.4 cm³/mol. The molecular weight excluding hydrogens is 318 g/mol. The van der Waals surface area contributed by atoms with E-state index in [9.17, 15) is 4.79 Å². The van der Waals surface area contributed by atoms with E-state index in [1.165, 1.54) is 7.11 Å². The van der Waals surface area contributed by atoms with Gasteiger partial charge < -0.3 is 19.1 Å². The van der Waals surface area contributed by atoms with E-state index < -0.39 is 0 Å². The topological polar surface area (TPSA) is 48.0 Å². The smallest absolute Gasteiger partial charge is 0.409 e. The van der Waals surface area contributed by atoms with Gasteiger partial charge in [-0.05, 0) is 35.7 Å². The number of methoxy groups -OCH3 is 2. The van der Waals surface area contributed by atoms with Crippen LogP contribution in [0.5, 0.6) is 17.2 Å². The van der Waals surface area contributed by atoms with Crippen molar-refractivity contribution in [1.29, 1.82) is 0 Å². The van der Waals surface area contributed by atoms with E-state index >= 15 is 0 Å². The molecule has 1 saturated heterocycles. The zero-order chi connectivity index (χ0) is 17.8. The normalized spacial score (nSPS) is 19.6. The molecule has 1 aliphatic rings. The van der Waals surface area contributed by atoms with Gasteiger partial charge in [0.1, 0.15) is 5.75 Å². The van der Waals surface area contributed by atoms with Crippen molar-refractivity contribution >= 4 is 6.09 Å². The van der Waals surface area contributed by atoms with Crippen LogP contribution in [0.1, 0.15) is 18.4 Å². The fourth-order valence-corrected chi connectivity index (χ4v) is 3.30. The Kier molecular flexibility index (Phi) is 5.12. The average molecular weight is 341 g/mol. The molecular formula is C20H23NO4. The van der Waals surface area contributed by atoms with Crippen LogP contribution in [0, 0.1) is 5.92 Å². The molecule has 3 rings (SSSR count). The maximum Gasteiger partial charge on any atom is 0.409 e. The van der Waals surface area contributed by atoms with Crippen molar-refractivity contribution in [3.8, 4) is 17.2 Å². The zero-order valence-corrected chi connectivity index (χ0v) is 14.8. The molecule has 1 amide bonds. The van der Waals surface area contributed by atoms with Gasteiger partial charge in [-0.2, -0.15) is 0 Å². The highest BCUT2D eigenvalue weighted by molar-refractivity contribution is 5.68. The summed E-state index contributed by atoms with van der Waals surface area (Å²) in [5.41, 5.74) is 1.13. The average Bonchev–Trinajstić information content (AvgIpc) is 3.03. The maximum atomic E-state index is 11.8. The molecule has 0 saturated carbocycles. The fraction of sp³-hybridized carbons (Fsp3) is 0.350. The van der Waals surface area contributed by atoms with Crippen molar-refractivity contribution in [2.24, 2.45) is 5.92 Å². The lowest BCUT2D eigenvalue weighted by Gasteiger charge is -2.18. The lowest BCUT2D eigenvalue weighted by molar-refractivity contribution is 0.131. The first-order valence-corrected chi connectivity index (χ1v) is 8.36. The third-order valence-electron chi connectivity index (χ3n) is 4.63. The lowest BCUT2D eigenvalue weighted by Crippen LogP contribution is -2.28. The van der Waals surface area contributed by atoms with E-state index in [2.05, 4.69) is 6.92 Å².